The van der Waals surface area contributed by atoms with Crippen molar-refractivity contribution in [1.29, 1.82) is 5.26 Å². The molecule has 0 aromatic carbocycles. The first-order chi connectivity index (χ1) is 6.69. The van der Waals surface area contributed by atoms with E-state index in [0.717, 1.165) is 12.8 Å². The molecule has 5 nitrogen and oxygen atoms in total. The zero-order valence-electron chi connectivity index (χ0n) is 7.95. The summed E-state index contributed by atoms with van der Waals surface area (Å²) in [5.41, 5.74) is 0. The van der Waals surface area contributed by atoms with Crippen LogP contribution in [0.2, 0.25) is 0 Å². The van der Waals surface area contributed by atoms with Gasteiger partial charge in [-0.3, -0.25) is 4.79 Å². The Labute approximate surface area is 82.0 Å². The lowest BCUT2D eigenvalue weighted by molar-refractivity contribution is -0.145. The third kappa shape index (κ3) is 2.73. The van der Waals surface area contributed by atoms with E-state index in [4.69, 9.17) is 5.26 Å². The van der Waals surface area contributed by atoms with Crippen LogP contribution in [0.3, 0.4) is 0 Å². The molecular formula is C9H12N2O3. The second-order valence-corrected chi connectivity index (χ2v) is 3.10. The van der Waals surface area contributed by atoms with Crippen molar-refractivity contribution >= 4 is 11.9 Å². The Kier molecular flexibility index (Phi) is 3.46. The van der Waals surface area contributed by atoms with E-state index >= 15 is 0 Å². The van der Waals surface area contributed by atoms with E-state index in [1.54, 1.807) is 13.0 Å². The second kappa shape index (κ2) is 4.61. The molecule has 0 spiro atoms. The van der Waals surface area contributed by atoms with Gasteiger partial charge in [0.1, 0.15) is 0 Å². The molecule has 0 saturated heterocycles. The van der Waals surface area contributed by atoms with E-state index < -0.39 is 12.0 Å². The second-order valence-electron chi connectivity index (χ2n) is 3.10. The monoisotopic (exact) mass is 196 g/mol. The minimum Gasteiger partial charge on any atom is -0.464 e. The molecule has 1 aliphatic rings. The van der Waals surface area contributed by atoms with Crippen LogP contribution < -0.4 is 5.32 Å². The number of esters is 1. The first kappa shape index (κ1) is 10.5. The molecule has 1 unspecified atom stereocenters. The van der Waals surface area contributed by atoms with Crippen molar-refractivity contribution in [2.75, 3.05) is 6.61 Å². The molecule has 1 atom stereocenters. The highest BCUT2D eigenvalue weighted by atomic mass is 16.5. The summed E-state index contributed by atoms with van der Waals surface area (Å²) >= 11 is 0. The van der Waals surface area contributed by atoms with Crippen LogP contribution in [-0.2, 0) is 14.3 Å². The number of hydrogen-bond acceptors (Lipinski definition) is 4. The van der Waals surface area contributed by atoms with Crippen LogP contribution in [0.4, 0.5) is 0 Å². The van der Waals surface area contributed by atoms with Crippen LogP contribution in [0.15, 0.2) is 0 Å². The zero-order chi connectivity index (χ0) is 10.6. The lowest BCUT2D eigenvalue weighted by Gasteiger charge is -2.09. The van der Waals surface area contributed by atoms with Crippen LogP contribution in [0.5, 0.6) is 0 Å². The predicted octanol–water partition coefficient (Wildman–Crippen LogP) is -0.0321. The minimum absolute atomic E-state index is 0.0136. The molecule has 14 heavy (non-hydrogen) atoms. The van der Waals surface area contributed by atoms with Crippen LogP contribution >= 0.6 is 0 Å². The summed E-state index contributed by atoms with van der Waals surface area (Å²) in [6.07, 6.45) is 1.68. The summed E-state index contributed by atoms with van der Waals surface area (Å²) in [5.74, 6) is -0.936. The molecule has 1 aliphatic carbocycles. The maximum absolute atomic E-state index is 11.2. The first-order valence-corrected chi connectivity index (χ1v) is 4.55. The smallest absolute Gasteiger partial charge is 0.343 e. The quantitative estimate of drug-likeness (QED) is 0.640. The van der Waals surface area contributed by atoms with Gasteiger partial charge in [0.15, 0.2) is 0 Å². The molecule has 1 rings (SSSR count). The fourth-order valence-electron chi connectivity index (χ4n) is 0.975. The lowest BCUT2D eigenvalue weighted by atomic mass is 10.3. The molecule has 0 aromatic heterocycles. The fraction of sp³-hybridized carbons (Fsp3) is 0.667. The van der Waals surface area contributed by atoms with Gasteiger partial charge in [-0.2, -0.15) is 5.26 Å². The van der Waals surface area contributed by atoms with E-state index in [1.165, 1.54) is 0 Å². The number of carbonyl (C=O) groups excluding carboxylic acids is 2. The number of ether oxygens (including phenoxy) is 1. The van der Waals surface area contributed by atoms with E-state index in [1.807, 2.05) is 0 Å². The average Bonchev–Trinajstić information content (AvgIpc) is 2.97. The Morgan fingerprint density at radius 3 is 2.71 bits per heavy atom. The number of carbonyl (C=O) groups is 2. The maximum Gasteiger partial charge on any atom is 0.343 e. The van der Waals surface area contributed by atoms with Gasteiger partial charge in [0.25, 0.3) is 0 Å². The van der Waals surface area contributed by atoms with E-state index in [9.17, 15) is 9.59 Å². The summed E-state index contributed by atoms with van der Waals surface area (Å²) in [4.78, 5) is 22.3. The van der Waals surface area contributed by atoms with Crippen molar-refractivity contribution in [1.82, 2.24) is 5.32 Å². The molecule has 0 bridgehead atoms. The van der Waals surface area contributed by atoms with Crippen LogP contribution in [0.1, 0.15) is 19.8 Å². The molecule has 0 heterocycles. The summed E-state index contributed by atoms with van der Waals surface area (Å²) in [6.45, 7) is 1.85. The number of nitrogens with zero attached hydrogens (tertiary/aromatic N) is 1. The summed E-state index contributed by atoms with van der Waals surface area (Å²) in [7, 11) is 0. The lowest BCUT2D eigenvalue weighted by Crippen LogP contribution is -2.41. The highest BCUT2D eigenvalue weighted by molar-refractivity contribution is 5.88. The van der Waals surface area contributed by atoms with Gasteiger partial charge in [-0.25, -0.2) is 4.79 Å². The van der Waals surface area contributed by atoms with Crippen molar-refractivity contribution in [3.05, 3.63) is 0 Å². The Balaban J connectivity index is 2.41. The highest BCUT2D eigenvalue weighted by Gasteiger charge is 2.32. The van der Waals surface area contributed by atoms with Gasteiger partial charge in [-0.1, -0.05) is 0 Å². The van der Waals surface area contributed by atoms with Gasteiger partial charge < -0.3 is 10.1 Å². The van der Waals surface area contributed by atoms with Crippen molar-refractivity contribution < 1.29 is 14.3 Å². The van der Waals surface area contributed by atoms with Gasteiger partial charge in [0, 0.05) is 5.92 Å². The summed E-state index contributed by atoms with van der Waals surface area (Å²) in [5, 5.41) is 10.9. The van der Waals surface area contributed by atoms with E-state index in [2.05, 4.69) is 10.1 Å². The number of amides is 1. The fourth-order valence-corrected chi connectivity index (χ4v) is 0.975. The largest absolute Gasteiger partial charge is 0.464 e. The molecule has 1 amide bonds. The topological polar surface area (TPSA) is 79.2 Å². The Hall–Kier alpha value is -1.57. The van der Waals surface area contributed by atoms with E-state index in [0.29, 0.717) is 0 Å². The van der Waals surface area contributed by atoms with Gasteiger partial charge in [-0.05, 0) is 19.8 Å². The van der Waals surface area contributed by atoms with Crippen LogP contribution in [0.25, 0.3) is 0 Å². The van der Waals surface area contributed by atoms with Crippen LogP contribution in [-0.4, -0.2) is 24.5 Å². The van der Waals surface area contributed by atoms with Crippen molar-refractivity contribution in [3.8, 4) is 6.07 Å². The van der Waals surface area contributed by atoms with E-state index in [-0.39, 0.29) is 18.4 Å². The summed E-state index contributed by atoms with van der Waals surface area (Å²) < 4.78 is 4.62. The molecule has 0 radical (unpaired) electrons. The first-order valence-electron chi connectivity index (χ1n) is 4.55. The maximum atomic E-state index is 11.2. The Morgan fingerprint density at radius 2 is 2.29 bits per heavy atom. The normalized spacial score (nSPS) is 16.6. The van der Waals surface area contributed by atoms with Crippen LogP contribution in [0, 0.1) is 17.2 Å². The molecular weight excluding hydrogens is 184 g/mol. The Bertz CT molecular complexity index is 278. The number of rotatable bonds is 4. The highest BCUT2D eigenvalue weighted by Crippen LogP contribution is 2.28. The number of nitrogens with one attached hydrogen (secondary N) is 1. The van der Waals surface area contributed by atoms with Gasteiger partial charge in [-0.15, -0.1) is 0 Å². The Morgan fingerprint density at radius 1 is 1.64 bits per heavy atom. The van der Waals surface area contributed by atoms with Gasteiger partial charge >= 0.3 is 5.97 Å². The minimum atomic E-state index is -1.16. The number of nitriles is 1. The molecule has 1 N–H and O–H groups in total. The van der Waals surface area contributed by atoms with Gasteiger partial charge in [0.2, 0.25) is 11.9 Å². The van der Waals surface area contributed by atoms with Crippen molar-refractivity contribution in [2.45, 2.75) is 25.8 Å². The van der Waals surface area contributed by atoms with Gasteiger partial charge in [0.05, 0.1) is 12.7 Å². The number of hydrogen-bond donors (Lipinski definition) is 1. The standard InChI is InChI=1S/C9H12N2O3/c1-2-14-9(13)7(5-10)11-8(12)6-3-4-6/h6-7H,2-4H2,1H3,(H,11,12). The molecule has 76 valence electrons. The molecule has 1 fully saturated rings. The predicted molar refractivity (Wildman–Crippen MR) is 46.9 cm³/mol. The third-order valence-corrected chi connectivity index (χ3v) is 1.89. The molecule has 0 aliphatic heterocycles. The SMILES string of the molecule is CCOC(=O)C(C#N)NC(=O)C1CC1. The zero-order valence-corrected chi connectivity index (χ0v) is 7.95. The third-order valence-electron chi connectivity index (χ3n) is 1.89. The molecule has 0 aromatic rings. The van der Waals surface area contributed by atoms with Crippen molar-refractivity contribution in [3.63, 3.8) is 0 Å². The summed E-state index contributed by atoms with van der Waals surface area (Å²) in [6, 6.07) is 0.530. The average molecular weight is 196 g/mol. The molecule has 1 saturated carbocycles. The molecule has 5 heteroatoms. The van der Waals surface area contributed by atoms with Crippen molar-refractivity contribution in [2.24, 2.45) is 5.92 Å².